The summed E-state index contributed by atoms with van der Waals surface area (Å²) in [5, 5.41) is 3.22. The van der Waals surface area contributed by atoms with Crippen LogP contribution in [0.2, 0.25) is 0 Å². The van der Waals surface area contributed by atoms with E-state index in [1.54, 1.807) is 6.07 Å². The van der Waals surface area contributed by atoms with Crippen LogP contribution in [0, 0.1) is 11.6 Å². The first-order chi connectivity index (χ1) is 8.63. The van der Waals surface area contributed by atoms with Gasteiger partial charge in [0.15, 0.2) is 11.6 Å². The molecule has 2 nitrogen and oxygen atoms in total. The van der Waals surface area contributed by atoms with Gasteiger partial charge in [0.1, 0.15) is 0 Å². The topological polar surface area (TPSA) is 15.3 Å². The molecule has 18 heavy (non-hydrogen) atoms. The molecule has 1 aromatic carbocycles. The summed E-state index contributed by atoms with van der Waals surface area (Å²) in [5.41, 5.74) is 0.802. The summed E-state index contributed by atoms with van der Waals surface area (Å²) in [6.07, 6.45) is 0. The third-order valence-electron chi connectivity index (χ3n) is 3.44. The van der Waals surface area contributed by atoms with Crippen molar-refractivity contribution in [3.63, 3.8) is 0 Å². The van der Waals surface area contributed by atoms with Crippen molar-refractivity contribution in [2.75, 3.05) is 32.1 Å². The van der Waals surface area contributed by atoms with Gasteiger partial charge < -0.3 is 5.32 Å². The molecule has 1 saturated heterocycles. The van der Waals surface area contributed by atoms with Gasteiger partial charge in [-0.25, -0.2) is 8.78 Å². The second-order valence-corrected chi connectivity index (χ2v) is 5.71. The van der Waals surface area contributed by atoms with Crippen molar-refractivity contribution in [1.29, 1.82) is 0 Å². The maximum Gasteiger partial charge on any atom is 0.159 e. The van der Waals surface area contributed by atoms with Crippen molar-refractivity contribution in [2.45, 2.75) is 12.1 Å². The molecule has 1 aliphatic rings. The van der Waals surface area contributed by atoms with E-state index in [9.17, 15) is 8.78 Å². The maximum atomic E-state index is 13.3. The van der Waals surface area contributed by atoms with Crippen LogP contribution in [0.5, 0.6) is 0 Å². The Bertz CT molecular complexity index is 414. The van der Waals surface area contributed by atoms with E-state index in [-0.39, 0.29) is 6.04 Å². The number of thioether (sulfide) groups is 1. The summed E-state index contributed by atoms with van der Waals surface area (Å²) in [4.78, 5) is 2.28. The van der Waals surface area contributed by atoms with Gasteiger partial charge in [0, 0.05) is 30.1 Å². The highest BCUT2D eigenvalue weighted by molar-refractivity contribution is 7.99. The maximum absolute atomic E-state index is 13.3. The summed E-state index contributed by atoms with van der Waals surface area (Å²) in [5.74, 6) is 0.557. The van der Waals surface area contributed by atoms with Crippen LogP contribution in [0.25, 0.3) is 0 Å². The van der Waals surface area contributed by atoms with Crippen molar-refractivity contribution in [1.82, 2.24) is 10.2 Å². The Morgan fingerprint density at radius 1 is 1.39 bits per heavy atom. The van der Waals surface area contributed by atoms with Gasteiger partial charge in [-0.1, -0.05) is 6.07 Å². The van der Waals surface area contributed by atoms with Gasteiger partial charge in [-0.05, 0) is 31.8 Å². The molecule has 0 aromatic heterocycles. The molecule has 100 valence electrons. The number of likely N-dealkylation sites (N-methyl/N-ethyl adjacent to an activating group) is 2. The number of benzene rings is 1. The van der Waals surface area contributed by atoms with Crippen molar-refractivity contribution in [2.24, 2.45) is 0 Å². The molecule has 2 atom stereocenters. The normalized spacial score (nSPS) is 23.0. The zero-order valence-corrected chi connectivity index (χ0v) is 11.4. The van der Waals surface area contributed by atoms with Gasteiger partial charge in [0.2, 0.25) is 0 Å². The average Bonchev–Trinajstić information content (AvgIpc) is 2.37. The monoisotopic (exact) mass is 272 g/mol. The van der Waals surface area contributed by atoms with Gasteiger partial charge >= 0.3 is 0 Å². The number of nitrogens with zero attached hydrogens (tertiary/aromatic N) is 1. The second kappa shape index (κ2) is 5.99. The Labute approximate surface area is 111 Å². The average molecular weight is 272 g/mol. The molecule has 0 aliphatic carbocycles. The van der Waals surface area contributed by atoms with Crippen LogP contribution in [0.15, 0.2) is 18.2 Å². The van der Waals surface area contributed by atoms with Crippen LogP contribution in [-0.2, 0) is 0 Å². The zero-order valence-electron chi connectivity index (χ0n) is 10.6. The number of halogens is 2. The predicted molar refractivity (Wildman–Crippen MR) is 71.9 cm³/mol. The van der Waals surface area contributed by atoms with E-state index in [2.05, 4.69) is 17.3 Å². The van der Waals surface area contributed by atoms with Crippen LogP contribution in [0.3, 0.4) is 0 Å². The van der Waals surface area contributed by atoms with E-state index in [1.165, 1.54) is 12.1 Å². The van der Waals surface area contributed by atoms with E-state index in [1.807, 2.05) is 18.8 Å². The van der Waals surface area contributed by atoms with Crippen molar-refractivity contribution < 1.29 is 8.78 Å². The molecule has 0 saturated carbocycles. The molecule has 5 heteroatoms. The first-order valence-corrected chi connectivity index (χ1v) is 7.19. The van der Waals surface area contributed by atoms with Crippen LogP contribution < -0.4 is 5.32 Å². The molecule has 0 bridgehead atoms. The highest BCUT2D eigenvalue weighted by Gasteiger charge is 2.28. The lowest BCUT2D eigenvalue weighted by Gasteiger charge is -2.37. The molecular formula is C13H18F2N2S. The van der Waals surface area contributed by atoms with E-state index in [0.717, 1.165) is 23.6 Å². The fourth-order valence-electron chi connectivity index (χ4n) is 2.34. The lowest BCUT2D eigenvalue weighted by atomic mass is 9.99. The highest BCUT2D eigenvalue weighted by atomic mass is 32.2. The Hall–Kier alpha value is -0.650. The lowest BCUT2D eigenvalue weighted by Crippen LogP contribution is -2.47. The SMILES string of the molecule is CNC(c1ccc(F)c(F)c1)C1CSCCN1C. The minimum atomic E-state index is -0.792. The van der Waals surface area contributed by atoms with Gasteiger partial charge in [-0.15, -0.1) is 0 Å². The Kier molecular flexibility index (Phi) is 4.59. The van der Waals surface area contributed by atoms with Crippen molar-refractivity contribution in [3.8, 4) is 0 Å². The molecule has 0 radical (unpaired) electrons. The number of hydrogen-bond donors (Lipinski definition) is 1. The van der Waals surface area contributed by atoms with E-state index in [0.29, 0.717) is 6.04 Å². The molecule has 1 fully saturated rings. The molecule has 1 aromatic rings. The van der Waals surface area contributed by atoms with E-state index in [4.69, 9.17) is 0 Å². The van der Waals surface area contributed by atoms with Crippen LogP contribution in [0.1, 0.15) is 11.6 Å². The molecule has 1 aliphatic heterocycles. The third kappa shape index (κ3) is 2.84. The number of rotatable bonds is 3. The van der Waals surface area contributed by atoms with Crippen molar-refractivity contribution >= 4 is 11.8 Å². The number of nitrogens with one attached hydrogen (secondary N) is 1. The smallest absolute Gasteiger partial charge is 0.159 e. The molecule has 2 rings (SSSR count). The van der Waals surface area contributed by atoms with Gasteiger partial charge in [0.05, 0.1) is 0 Å². The summed E-state index contributed by atoms with van der Waals surface area (Å²) in [6, 6.07) is 4.48. The summed E-state index contributed by atoms with van der Waals surface area (Å²) < 4.78 is 26.3. The molecule has 2 unspecified atom stereocenters. The zero-order chi connectivity index (χ0) is 13.1. The van der Waals surface area contributed by atoms with Crippen molar-refractivity contribution in [3.05, 3.63) is 35.4 Å². The van der Waals surface area contributed by atoms with Crippen LogP contribution in [-0.4, -0.2) is 43.1 Å². The first kappa shape index (κ1) is 13.8. The van der Waals surface area contributed by atoms with Crippen LogP contribution in [0.4, 0.5) is 8.78 Å². The molecule has 0 spiro atoms. The van der Waals surface area contributed by atoms with Gasteiger partial charge in [-0.3, -0.25) is 4.90 Å². The third-order valence-corrected chi connectivity index (χ3v) is 4.49. The fourth-order valence-corrected chi connectivity index (χ4v) is 3.62. The standard InChI is InChI=1S/C13H18F2N2S/c1-16-13(12-8-18-6-5-17(12)2)9-3-4-10(14)11(15)7-9/h3-4,7,12-13,16H,5-6,8H2,1-2H3. The molecular weight excluding hydrogens is 254 g/mol. The van der Waals surface area contributed by atoms with Crippen LogP contribution >= 0.6 is 11.8 Å². The summed E-state index contributed by atoms with van der Waals surface area (Å²) >= 11 is 1.90. The van der Waals surface area contributed by atoms with Gasteiger partial charge in [0.25, 0.3) is 0 Å². The minimum absolute atomic E-state index is 0.0258. The first-order valence-electron chi connectivity index (χ1n) is 6.03. The molecule has 1 heterocycles. The molecule has 1 N–H and O–H groups in total. The highest BCUT2D eigenvalue weighted by Crippen LogP contribution is 2.27. The number of hydrogen-bond acceptors (Lipinski definition) is 3. The predicted octanol–water partition coefficient (Wildman–Crippen LogP) is 2.27. The Morgan fingerprint density at radius 3 is 2.78 bits per heavy atom. The fraction of sp³-hybridized carbons (Fsp3) is 0.538. The summed E-state index contributed by atoms with van der Waals surface area (Å²) in [7, 11) is 3.94. The largest absolute Gasteiger partial charge is 0.312 e. The Balaban J connectivity index is 2.23. The molecule has 0 amide bonds. The quantitative estimate of drug-likeness (QED) is 0.909. The van der Waals surface area contributed by atoms with E-state index >= 15 is 0 Å². The second-order valence-electron chi connectivity index (χ2n) is 4.56. The Morgan fingerprint density at radius 2 is 2.17 bits per heavy atom. The minimum Gasteiger partial charge on any atom is -0.312 e. The van der Waals surface area contributed by atoms with Gasteiger partial charge in [-0.2, -0.15) is 11.8 Å². The summed E-state index contributed by atoms with van der Waals surface area (Å²) in [6.45, 7) is 1.02. The van der Waals surface area contributed by atoms with E-state index < -0.39 is 11.6 Å². The lowest BCUT2D eigenvalue weighted by molar-refractivity contribution is 0.221.